The molecule has 0 aromatic carbocycles. The molecule has 17 heavy (non-hydrogen) atoms. The summed E-state index contributed by atoms with van der Waals surface area (Å²) < 4.78 is 26.7. The average Bonchev–Trinajstić information content (AvgIpc) is 2.56. The Morgan fingerprint density at radius 2 is 2.24 bits per heavy atom. The van der Waals surface area contributed by atoms with Crippen LogP contribution in [-0.2, 0) is 21.9 Å². The highest BCUT2D eigenvalue weighted by atomic mass is 32.2. The van der Waals surface area contributed by atoms with E-state index in [0.717, 1.165) is 0 Å². The number of aliphatic hydroxyl groups is 1. The van der Waals surface area contributed by atoms with Crippen molar-refractivity contribution < 1.29 is 23.4 Å². The van der Waals surface area contributed by atoms with Gasteiger partial charge in [-0.15, -0.1) is 0 Å². The molecule has 1 heterocycles. The van der Waals surface area contributed by atoms with Crippen LogP contribution in [-0.4, -0.2) is 46.8 Å². The van der Waals surface area contributed by atoms with Gasteiger partial charge in [-0.3, -0.25) is 0 Å². The Labute approximate surface area is 98.0 Å². The summed E-state index contributed by atoms with van der Waals surface area (Å²) in [4.78, 5) is 14.1. The molecule has 0 fully saturated rings. The van der Waals surface area contributed by atoms with Crippen LogP contribution in [0.4, 0.5) is 0 Å². The first-order valence-corrected chi connectivity index (χ1v) is 6.13. The molecule has 1 aromatic rings. The molecule has 9 heteroatoms. The zero-order valence-corrected chi connectivity index (χ0v) is 10.1. The van der Waals surface area contributed by atoms with E-state index in [-0.39, 0.29) is 5.03 Å². The lowest BCUT2D eigenvalue weighted by molar-refractivity contribution is -0.146. The average molecular weight is 263 g/mol. The number of hydrogen-bond donors (Lipinski definition) is 3. The largest absolute Gasteiger partial charge is 0.479 e. The smallest absolute Gasteiger partial charge is 0.333 e. The first-order chi connectivity index (χ1) is 7.74. The molecule has 0 unspecified atom stereocenters. The Bertz CT molecular complexity index is 502. The Balaban J connectivity index is 2.79. The Morgan fingerprint density at radius 3 is 2.65 bits per heavy atom. The van der Waals surface area contributed by atoms with Crippen LogP contribution in [0.2, 0.25) is 0 Å². The van der Waals surface area contributed by atoms with Crippen molar-refractivity contribution in [3.63, 3.8) is 0 Å². The SMILES string of the molecule is Cc1nc(S(=O)(=O)NC[C@H](O)C(=O)O)cn1C. The Morgan fingerprint density at radius 1 is 1.65 bits per heavy atom. The van der Waals surface area contributed by atoms with E-state index in [4.69, 9.17) is 10.2 Å². The summed E-state index contributed by atoms with van der Waals surface area (Å²) in [5.74, 6) is -0.992. The Kier molecular flexibility index (Phi) is 3.86. The lowest BCUT2D eigenvalue weighted by Gasteiger charge is -2.06. The highest BCUT2D eigenvalue weighted by Gasteiger charge is 2.21. The van der Waals surface area contributed by atoms with Crippen molar-refractivity contribution in [1.29, 1.82) is 0 Å². The maximum atomic E-state index is 11.6. The number of sulfonamides is 1. The van der Waals surface area contributed by atoms with Gasteiger partial charge >= 0.3 is 5.97 Å². The lowest BCUT2D eigenvalue weighted by atomic mass is 10.4. The number of nitrogens with zero attached hydrogens (tertiary/aromatic N) is 2. The summed E-state index contributed by atoms with van der Waals surface area (Å²) in [6.45, 7) is 1.03. The number of aromatic nitrogens is 2. The molecule has 0 aliphatic carbocycles. The molecular formula is C8H13N3O5S. The molecule has 0 amide bonds. The van der Waals surface area contributed by atoms with Crippen LogP contribution in [0, 0.1) is 6.92 Å². The van der Waals surface area contributed by atoms with E-state index in [1.807, 2.05) is 4.72 Å². The third-order valence-corrected chi connectivity index (χ3v) is 3.41. The van der Waals surface area contributed by atoms with Crippen LogP contribution < -0.4 is 4.72 Å². The van der Waals surface area contributed by atoms with Crippen LogP contribution in [0.5, 0.6) is 0 Å². The maximum Gasteiger partial charge on any atom is 0.333 e. The molecule has 0 radical (unpaired) electrons. The monoisotopic (exact) mass is 263 g/mol. The van der Waals surface area contributed by atoms with Crippen molar-refractivity contribution in [2.24, 2.45) is 7.05 Å². The number of nitrogens with one attached hydrogen (secondary N) is 1. The topological polar surface area (TPSA) is 122 Å². The second kappa shape index (κ2) is 4.82. The third kappa shape index (κ3) is 3.25. The van der Waals surface area contributed by atoms with Gasteiger partial charge in [-0.05, 0) is 6.92 Å². The van der Waals surface area contributed by atoms with Gasteiger partial charge < -0.3 is 14.8 Å². The molecule has 1 atom stereocenters. The number of imidazole rings is 1. The van der Waals surface area contributed by atoms with Crippen LogP contribution in [0.1, 0.15) is 5.82 Å². The summed E-state index contributed by atoms with van der Waals surface area (Å²) in [5.41, 5.74) is 0. The molecule has 0 aliphatic rings. The van der Waals surface area contributed by atoms with E-state index < -0.39 is 28.6 Å². The quantitative estimate of drug-likeness (QED) is 0.591. The zero-order valence-electron chi connectivity index (χ0n) is 9.28. The second-order valence-corrected chi connectivity index (χ2v) is 5.16. The first-order valence-electron chi connectivity index (χ1n) is 4.64. The normalized spacial score (nSPS) is 13.6. The minimum Gasteiger partial charge on any atom is -0.479 e. The summed E-state index contributed by atoms with van der Waals surface area (Å²) in [7, 11) is -2.26. The highest BCUT2D eigenvalue weighted by Crippen LogP contribution is 2.07. The molecule has 1 aromatic heterocycles. The zero-order chi connectivity index (χ0) is 13.2. The van der Waals surface area contributed by atoms with Crippen LogP contribution >= 0.6 is 0 Å². The third-order valence-electron chi connectivity index (χ3n) is 2.11. The number of aryl methyl sites for hydroxylation is 2. The van der Waals surface area contributed by atoms with Crippen molar-refractivity contribution >= 4 is 16.0 Å². The number of carbonyl (C=O) groups is 1. The van der Waals surface area contributed by atoms with Gasteiger partial charge in [-0.2, -0.15) is 0 Å². The molecule has 0 spiro atoms. The molecule has 0 bridgehead atoms. The van der Waals surface area contributed by atoms with Crippen LogP contribution in [0.15, 0.2) is 11.2 Å². The van der Waals surface area contributed by atoms with Gasteiger partial charge in [0.1, 0.15) is 5.82 Å². The molecule has 1 rings (SSSR count). The summed E-state index contributed by atoms with van der Waals surface area (Å²) in [6, 6.07) is 0. The molecule has 0 saturated carbocycles. The molecular weight excluding hydrogens is 250 g/mol. The fourth-order valence-corrected chi connectivity index (χ4v) is 2.08. The summed E-state index contributed by atoms with van der Waals surface area (Å²) in [5, 5.41) is 17.1. The van der Waals surface area contributed by atoms with Crippen LogP contribution in [0.3, 0.4) is 0 Å². The minimum absolute atomic E-state index is 0.213. The first kappa shape index (κ1) is 13.6. The maximum absolute atomic E-state index is 11.6. The number of rotatable bonds is 5. The molecule has 96 valence electrons. The molecule has 3 N–H and O–H groups in total. The van der Waals surface area contributed by atoms with Crippen molar-refractivity contribution in [2.75, 3.05) is 6.54 Å². The van der Waals surface area contributed by atoms with Crippen molar-refractivity contribution in [3.05, 3.63) is 12.0 Å². The number of carboxylic acid groups (broad SMARTS) is 1. The number of carboxylic acids is 1. The standard InChI is InChI=1S/C8H13N3O5S/c1-5-10-7(4-11(5)2)17(15,16)9-3-6(12)8(13)14/h4,6,9,12H,3H2,1-2H3,(H,13,14)/t6-/m0/s1. The molecule has 0 aliphatic heterocycles. The number of aliphatic hydroxyl groups excluding tert-OH is 1. The van der Waals surface area contributed by atoms with Gasteiger partial charge in [0.25, 0.3) is 10.0 Å². The van der Waals surface area contributed by atoms with E-state index in [2.05, 4.69) is 4.98 Å². The fraction of sp³-hybridized carbons (Fsp3) is 0.500. The minimum atomic E-state index is -3.90. The van der Waals surface area contributed by atoms with E-state index >= 15 is 0 Å². The van der Waals surface area contributed by atoms with Crippen molar-refractivity contribution in [2.45, 2.75) is 18.1 Å². The summed E-state index contributed by atoms with van der Waals surface area (Å²) >= 11 is 0. The van der Waals surface area contributed by atoms with E-state index in [9.17, 15) is 13.2 Å². The van der Waals surface area contributed by atoms with Gasteiger partial charge in [0.2, 0.25) is 0 Å². The van der Waals surface area contributed by atoms with Gasteiger partial charge in [0.15, 0.2) is 11.1 Å². The molecule has 0 saturated heterocycles. The van der Waals surface area contributed by atoms with E-state index in [1.54, 1.807) is 14.0 Å². The van der Waals surface area contributed by atoms with Crippen LogP contribution in [0.25, 0.3) is 0 Å². The van der Waals surface area contributed by atoms with E-state index in [1.165, 1.54) is 10.8 Å². The number of aliphatic carboxylic acids is 1. The fourth-order valence-electron chi connectivity index (χ4n) is 1.01. The van der Waals surface area contributed by atoms with Gasteiger partial charge in [0, 0.05) is 19.8 Å². The van der Waals surface area contributed by atoms with Crippen molar-refractivity contribution in [1.82, 2.24) is 14.3 Å². The van der Waals surface area contributed by atoms with E-state index in [0.29, 0.717) is 5.82 Å². The summed E-state index contributed by atoms with van der Waals surface area (Å²) in [6.07, 6.45) is -0.486. The van der Waals surface area contributed by atoms with Gasteiger partial charge in [0.05, 0.1) is 0 Å². The second-order valence-electron chi connectivity index (χ2n) is 3.44. The lowest BCUT2D eigenvalue weighted by Crippen LogP contribution is -2.36. The van der Waals surface area contributed by atoms with Gasteiger partial charge in [-0.1, -0.05) is 0 Å². The Hall–Kier alpha value is -1.45. The predicted molar refractivity (Wildman–Crippen MR) is 56.8 cm³/mol. The van der Waals surface area contributed by atoms with Gasteiger partial charge in [-0.25, -0.2) is 22.9 Å². The molecule has 8 nitrogen and oxygen atoms in total. The number of hydrogen-bond acceptors (Lipinski definition) is 5. The highest BCUT2D eigenvalue weighted by molar-refractivity contribution is 7.89. The van der Waals surface area contributed by atoms with Crippen molar-refractivity contribution in [3.8, 4) is 0 Å². The predicted octanol–water partition coefficient (Wildman–Crippen LogP) is -1.55.